The van der Waals surface area contributed by atoms with Crippen molar-refractivity contribution in [1.29, 1.82) is 0 Å². The van der Waals surface area contributed by atoms with E-state index >= 15 is 0 Å². The van der Waals surface area contributed by atoms with Gasteiger partial charge in [0.1, 0.15) is 11.8 Å². The van der Waals surface area contributed by atoms with Crippen molar-refractivity contribution < 1.29 is 23.4 Å². The first kappa shape index (κ1) is 22.7. The molecule has 0 bridgehead atoms. The lowest BCUT2D eigenvalue weighted by molar-refractivity contribution is -0.139. The van der Waals surface area contributed by atoms with Crippen LogP contribution in [0.3, 0.4) is 0 Å². The first-order valence-electron chi connectivity index (χ1n) is 10.8. The minimum atomic E-state index is -1.06. The number of pyridine rings is 1. The number of piperidine rings is 1. The molecule has 0 saturated carbocycles. The van der Waals surface area contributed by atoms with Gasteiger partial charge < -0.3 is 20.5 Å². The first-order valence-corrected chi connectivity index (χ1v) is 10.8. The lowest BCUT2D eigenvalue weighted by Crippen LogP contribution is -2.45. The molecule has 4 rings (SSSR count). The summed E-state index contributed by atoms with van der Waals surface area (Å²) in [5.41, 5.74) is 9.38. The second kappa shape index (κ2) is 9.54. The smallest absolute Gasteiger partial charge is 0.326 e. The molecule has 0 spiro atoms. The summed E-state index contributed by atoms with van der Waals surface area (Å²) < 4.78 is 34.9. The fourth-order valence-corrected chi connectivity index (χ4v) is 4.12. The van der Waals surface area contributed by atoms with Crippen molar-refractivity contribution in [3.8, 4) is 22.8 Å². The van der Waals surface area contributed by atoms with Crippen LogP contribution in [-0.2, 0) is 11.3 Å². The lowest BCUT2D eigenvalue weighted by atomic mass is 10.0. The topological polar surface area (TPSA) is 88.7 Å². The number of rotatable bonds is 6. The van der Waals surface area contributed by atoms with Crippen molar-refractivity contribution >= 4 is 11.8 Å². The molecule has 6 nitrogen and oxygen atoms in total. The SMILES string of the molecule is Cc1cc(Oc2nc(N3CCCC[C@@H]3C(=O)O)c(F)cc2F)cc(-c2cccc(CN)c2)c1. The van der Waals surface area contributed by atoms with Gasteiger partial charge in [-0.15, -0.1) is 0 Å². The van der Waals surface area contributed by atoms with Crippen LogP contribution in [0.5, 0.6) is 11.6 Å². The molecule has 2 aromatic carbocycles. The molecule has 172 valence electrons. The zero-order valence-corrected chi connectivity index (χ0v) is 18.2. The standard InChI is InChI=1S/C25H25F2N3O3/c1-15-9-18(17-6-4-5-16(11-17)14-28)12-19(10-15)33-24-21(27)13-20(26)23(29-24)30-8-3-2-7-22(30)25(31)32/h4-6,9-13,22H,2-3,7-8,14,28H2,1H3,(H,31,32)/t22-/m1/s1. The number of hydrogen-bond donors (Lipinski definition) is 2. The van der Waals surface area contributed by atoms with Crippen molar-refractivity contribution in [1.82, 2.24) is 4.98 Å². The van der Waals surface area contributed by atoms with Crippen LogP contribution in [-0.4, -0.2) is 28.6 Å². The third-order valence-electron chi connectivity index (χ3n) is 5.70. The van der Waals surface area contributed by atoms with Gasteiger partial charge in [-0.2, -0.15) is 4.98 Å². The van der Waals surface area contributed by atoms with E-state index in [4.69, 9.17) is 10.5 Å². The second-order valence-electron chi connectivity index (χ2n) is 8.17. The van der Waals surface area contributed by atoms with E-state index in [0.29, 0.717) is 37.7 Å². The monoisotopic (exact) mass is 453 g/mol. The molecule has 0 amide bonds. The minimum absolute atomic E-state index is 0.220. The number of carboxylic acids is 1. The van der Waals surface area contributed by atoms with Crippen molar-refractivity contribution in [2.45, 2.75) is 38.8 Å². The number of carboxylic acid groups (broad SMARTS) is 1. The van der Waals surface area contributed by atoms with E-state index in [-0.39, 0.29) is 5.82 Å². The Morgan fingerprint density at radius 2 is 1.97 bits per heavy atom. The van der Waals surface area contributed by atoms with E-state index in [1.165, 1.54) is 4.90 Å². The number of aliphatic carboxylic acids is 1. The Morgan fingerprint density at radius 1 is 1.15 bits per heavy atom. The summed E-state index contributed by atoms with van der Waals surface area (Å²) in [4.78, 5) is 17.1. The third-order valence-corrected chi connectivity index (χ3v) is 5.70. The van der Waals surface area contributed by atoms with Crippen LogP contribution in [0.1, 0.15) is 30.4 Å². The summed E-state index contributed by atoms with van der Waals surface area (Å²) in [6.07, 6.45) is 1.78. The number of nitrogens with zero attached hydrogens (tertiary/aromatic N) is 2. The molecule has 1 saturated heterocycles. The summed E-state index contributed by atoms with van der Waals surface area (Å²) in [5, 5.41) is 9.52. The van der Waals surface area contributed by atoms with Gasteiger partial charge >= 0.3 is 5.97 Å². The number of aromatic nitrogens is 1. The zero-order chi connectivity index (χ0) is 23.5. The van der Waals surface area contributed by atoms with Crippen LogP contribution in [0.25, 0.3) is 11.1 Å². The summed E-state index contributed by atoms with van der Waals surface area (Å²) in [7, 11) is 0. The molecule has 1 aromatic heterocycles. The average Bonchev–Trinajstić information content (AvgIpc) is 2.80. The van der Waals surface area contributed by atoms with Crippen LogP contribution < -0.4 is 15.4 Å². The highest BCUT2D eigenvalue weighted by Crippen LogP contribution is 2.33. The Labute approximate surface area is 190 Å². The Kier molecular flexibility index (Phi) is 6.55. The molecular weight excluding hydrogens is 428 g/mol. The molecule has 1 atom stereocenters. The highest BCUT2D eigenvalue weighted by atomic mass is 19.1. The number of aryl methyl sites for hydroxylation is 1. The number of carbonyl (C=O) groups is 1. The van der Waals surface area contributed by atoms with Crippen LogP contribution in [0, 0.1) is 18.6 Å². The normalized spacial score (nSPS) is 16.0. The zero-order valence-electron chi connectivity index (χ0n) is 18.2. The summed E-state index contributed by atoms with van der Waals surface area (Å²) in [6.45, 7) is 2.61. The highest BCUT2D eigenvalue weighted by molar-refractivity contribution is 5.78. The molecule has 1 aliphatic rings. The number of hydrogen-bond acceptors (Lipinski definition) is 5. The van der Waals surface area contributed by atoms with E-state index < -0.39 is 29.5 Å². The molecule has 2 heterocycles. The number of anilines is 1. The fraction of sp³-hybridized carbons (Fsp3) is 0.280. The van der Waals surface area contributed by atoms with Gasteiger partial charge in [-0.3, -0.25) is 0 Å². The Hall–Kier alpha value is -3.52. The summed E-state index contributed by atoms with van der Waals surface area (Å²) >= 11 is 0. The predicted molar refractivity (Wildman–Crippen MR) is 121 cm³/mol. The minimum Gasteiger partial charge on any atom is -0.480 e. The quantitative estimate of drug-likeness (QED) is 0.544. The molecule has 33 heavy (non-hydrogen) atoms. The maximum Gasteiger partial charge on any atom is 0.326 e. The highest BCUT2D eigenvalue weighted by Gasteiger charge is 2.32. The van der Waals surface area contributed by atoms with Crippen LogP contribution >= 0.6 is 0 Å². The van der Waals surface area contributed by atoms with Gasteiger partial charge in [0.2, 0.25) is 0 Å². The molecule has 3 aromatic rings. The summed E-state index contributed by atoms with van der Waals surface area (Å²) in [6, 6.07) is 13.0. The fourth-order valence-electron chi connectivity index (χ4n) is 4.12. The largest absolute Gasteiger partial charge is 0.480 e. The molecule has 0 unspecified atom stereocenters. The predicted octanol–water partition coefficient (Wildman–Crippen LogP) is 5.03. The van der Waals surface area contributed by atoms with Crippen molar-refractivity contribution in [3.63, 3.8) is 0 Å². The maximum absolute atomic E-state index is 14.6. The number of halogens is 2. The van der Waals surface area contributed by atoms with Gasteiger partial charge in [-0.1, -0.05) is 24.3 Å². The number of ether oxygens (including phenoxy) is 1. The van der Waals surface area contributed by atoms with Crippen LogP contribution in [0.15, 0.2) is 48.5 Å². The molecule has 1 aliphatic heterocycles. The molecular formula is C25H25F2N3O3. The van der Waals surface area contributed by atoms with Gasteiger partial charge in [-0.05, 0) is 66.6 Å². The molecule has 0 radical (unpaired) electrons. The van der Waals surface area contributed by atoms with Crippen molar-refractivity contribution in [2.24, 2.45) is 5.73 Å². The van der Waals surface area contributed by atoms with Gasteiger partial charge in [0.15, 0.2) is 17.5 Å². The van der Waals surface area contributed by atoms with Crippen LogP contribution in [0.4, 0.5) is 14.6 Å². The van der Waals surface area contributed by atoms with Gasteiger partial charge in [-0.25, -0.2) is 13.6 Å². The molecule has 1 fully saturated rings. The lowest BCUT2D eigenvalue weighted by Gasteiger charge is -2.34. The summed E-state index contributed by atoms with van der Waals surface area (Å²) in [5.74, 6) is -3.24. The van der Waals surface area contributed by atoms with Crippen molar-refractivity contribution in [2.75, 3.05) is 11.4 Å². The third kappa shape index (κ3) is 4.96. The van der Waals surface area contributed by atoms with Gasteiger partial charge in [0, 0.05) is 19.2 Å². The molecule has 3 N–H and O–H groups in total. The second-order valence-corrected chi connectivity index (χ2v) is 8.17. The Bertz CT molecular complexity index is 1190. The van der Waals surface area contributed by atoms with E-state index in [1.54, 1.807) is 12.1 Å². The maximum atomic E-state index is 14.6. The van der Waals surface area contributed by atoms with Crippen LogP contribution in [0.2, 0.25) is 0 Å². The van der Waals surface area contributed by atoms with E-state index in [0.717, 1.165) is 28.7 Å². The Morgan fingerprint density at radius 3 is 2.73 bits per heavy atom. The van der Waals surface area contributed by atoms with E-state index in [1.807, 2.05) is 37.3 Å². The first-order chi connectivity index (χ1) is 15.9. The average molecular weight is 453 g/mol. The number of nitrogens with two attached hydrogens (primary N) is 1. The van der Waals surface area contributed by atoms with Gasteiger partial charge in [0.25, 0.3) is 5.88 Å². The van der Waals surface area contributed by atoms with Crippen molar-refractivity contribution in [3.05, 3.63) is 71.3 Å². The number of benzene rings is 2. The van der Waals surface area contributed by atoms with Gasteiger partial charge in [0.05, 0.1) is 0 Å². The van der Waals surface area contributed by atoms with E-state index in [9.17, 15) is 18.7 Å². The Balaban J connectivity index is 1.69. The molecule has 0 aliphatic carbocycles. The van der Waals surface area contributed by atoms with E-state index in [2.05, 4.69) is 4.98 Å². The molecule has 8 heteroatoms.